The van der Waals surface area contributed by atoms with Gasteiger partial charge in [-0.3, -0.25) is 24.1 Å². The van der Waals surface area contributed by atoms with Gasteiger partial charge in [0.05, 0.1) is 12.1 Å². The van der Waals surface area contributed by atoms with Crippen LogP contribution in [0.4, 0.5) is 10.5 Å². The molecule has 29 heavy (non-hydrogen) atoms. The number of hydrogen-bond donors (Lipinski definition) is 2. The maximum absolute atomic E-state index is 12.5. The summed E-state index contributed by atoms with van der Waals surface area (Å²) in [6.07, 6.45) is 2.78. The summed E-state index contributed by atoms with van der Waals surface area (Å²) in [5.74, 6) is -1.79. The molecule has 1 heterocycles. The summed E-state index contributed by atoms with van der Waals surface area (Å²) >= 11 is 0. The molecule has 154 valence electrons. The second-order valence-corrected chi connectivity index (χ2v) is 7.24. The van der Waals surface area contributed by atoms with Crippen LogP contribution in [0, 0.1) is 0 Å². The van der Waals surface area contributed by atoms with E-state index < -0.39 is 30.1 Å². The summed E-state index contributed by atoms with van der Waals surface area (Å²) in [5.41, 5.74) is -0.126. The SMILES string of the molecule is CC(=O)c1ccccc1NC(=O)COC(=O)CCN1C(=O)NC2(CCCC2)C1=O. The number of nitrogens with zero attached hydrogens (tertiary/aromatic N) is 1. The molecule has 1 aliphatic carbocycles. The maximum Gasteiger partial charge on any atom is 0.325 e. The Kier molecular flexibility index (Phi) is 5.95. The molecule has 2 fully saturated rings. The number of ether oxygens (including phenoxy) is 1. The summed E-state index contributed by atoms with van der Waals surface area (Å²) in [7, 11) is 0. The van der Waals surface area contributed by atoms with E-state index in [9.17, 15) is 24.0 Å². The van der Waals surface area contributed by atoms with Crippen LogP contribution in [-0.2, 0) is 19.1 Å². The number of Topliss-reactive ketones (excluding diaryl/α,β-unsaturated/α-hetero) is 1. The molecule has 1 saturated carbocycles. The Bertz CT molecular complexity index is 860. The zero-order valence-corrected chi connectivity index (χ0v) is 16.2. The van der Waals surface area contributed by atoms with Crippen molar-refractivity contribution in [3.63, 3.8) is 0 Å². The standard InChI is InChI=1S/C20H23N3O6/c1-13(24)14-6-2-3-7-15(14)21-16(25)12-29-17(26)8-11-23-18(27)20(22-19(23)28)9-4-5-10-20/h2-3,6-7H,4-5,8-12H2,1H3,(H,21,25)(H,22,28). The molecule has 0 bridgehead atoms. The minimum Gasteiger partial charge on any atom is -0.456 e. The van der Waals surface area contributed by atoms with Crippen LogP contribution in [0.3, 0.4) is 0 Å². The molecule has 0 radical (unpaired) electrons. The van der Waals surface area contributed by atoms with Gasteiger partial charge in [0.2, 0.25) is 0 Å². The minimum absolute atomic E-state index is 0.0972. The zero-order chi connectivity index (χ0) is 21.0. The van der Waals surface area contributed by atoms with Crippen LogP contribution >= 0.6 is 0 Å². The molecule has 2 aliphatic rings. The first-order valence-corrected chi connectivity index (χ1v) is 9.52. The highest BCUT2D eigenvalue weighted by Crippen LogP contribution is 2.35. The van der Waals surface area contributed by atoms with Crippen LogP contribution in [0.1, 0.15) is 49.4 Å². The van der Waals surface area contributed by atoms with Gasteiger partial charge in [-0.2, -0.15) is 0 Å². The third-order valence-electron chi connectivity index (χ3n) is 5.19. The topological polar surface area (TPSA) is 122 Å². The fraction of sp³-hybridized carbons (Fsp3) is 0.450. The smallest absolute Gasteiger partial charge is 0.325 e. The van der Waals surface area contributed by atoms with Gasteiger partial charge in [0.25, 0.3) is 11.8 Å². The lowest BCUT2D eigenvalue weighted by atomic mass is 9.98. The van der Waals surface area contributed by atoms with Crippen LogP contribution in [-0.4, -0.2) is 53.2 Å². The van der Waals surface area contributed by atoms with E-state index in [0.717, 1.165) is 17.7 Å². The number of imide groups is 1. The van der Waals surface area contributed by atoms with Crippen molar-refractivity contribution < 1.29 is 28.7 Å². The average molecular weight is 401 g/mol. The van der Waals surface area contributed by atoms with E-state index in [1.54, 1.807) is 24.3 Å². The predicted molar refractivity (Wildman–Crippen MR) is 102 cm³/mol. The summed E-state index contributed by atoms with van der Waals surface area (Å²) in [4.78, 5) is 61.1. The summed E-state index contributed by atoms with van der Waals surface area (Å²) < 4.78 is 4.92. The Morgan fingerprint density at radius 1 is 1.17 bits per heavy atom. The lowest BCUT2D eigenvalue weighted by Gasteiger charge is -2.19. The van der Waals surface area contributed by atoms with Gasteiger partial charge < -0.3 is 15.4 Å². The molecule has 0 atom stereocenters. The first kappa shape index (κ1) is 20.5. The quantitative estimate of drug-likeness (QED) is 0.407. The fourth-order valence-corrected chi connectivity index (χ4v) is 3.70. The van der Waals surface area contributed by atoms with Gasteiger partial charge in [-0.05, 0) is 31.9 Å². The second-order valence-electron chi connectivity index (χ2n) is 7.24. The van der Waals surface area contributed by atoms with E-state index in [4.69, 9.17) is 4.74 Å². The number of carbonyl (C=O) groups excluding carboxylic acids is 5. The van der Waals surface area contributed by atoms with E-state index in [1.807, 2.05) is 0 Å². The molecule has 9 heteroatoms. The Labute approximate surface area is 167 Å². The Morgan fingerprint density at radius 2 is 1.86 bits per heavy atom. The van der Waals surface area contributed by atoms with Gasteiger partial charge in [-0.15, -0.1) is 0 Å². The van der Waals surface area contributed by atoms with Crippen LogP contribution < -0.4 is 10.6 Å². The molecule has 0 aromatic heterocycles. The lowest BCUT2D eigenvalue weighted by Crippen LogP contribution is -2.44. The van der Waals surface area contributed by atoms with Crippen molar-refractivity contribution in [2.75, 3.05) is 18.5 Å². The number of urea groups is 1. The van der Waals surface area contributed by atoms with Crippen molar-refractivity contribution in [1.29, 1.82) is 0 Å². The molecular formula is C20H23N3O6. The second kappa shape index (κ2) is 8.42. The molecule has 1 spiro atoms. The first-order valence-electron chi connectivity index (χ1n) is 9.52. The van der Waals surface area contributed by atoms with Gasteiger partial charge in [0.1, 0.15) is 5.54 Å². The molecule has 2 N–H and O–H groups in total. The Balaban J connectivity index is 1.46. The van der Waals surface area contributed by atoms with Crippen LogP contribution in [0.15, 0.2) is 24.3 Å². The number of amides is 4. The molecule has 1 saturated heterocycles. The molecule has 3 rings (SSSR count). The number of hydrogen-bond acceptors (Lipinski definition) is 6. The Morgan fingerprint density at radius 3 is 2.55 bits per heavy atom. The van der Waals surface area contributed by atoms with Crippen molar-refractivity contribution in [2.45, 2.75) is 44.6 Å². The number of anilines is 1. The predicted octanol–water partition coefficient (Wildman–Crippen LogP) is 1.63. The normalized spacial score (nSPS) is 17.3. The fourth-order valence-electron chi connectivity index (χ4n) is 3.70. The van der Waals surface area contributed by atoms with Gasteiger partial charge in [-0.25, -0.2) is 4.79 Å². The molecule has 4 amide bonds. The van der Waals surface area contributed by atoms with Crippen molar-refractivity contribution in [2.24, 2.45) is 0 Å². The highest BCUT2D eigenvalue weighted by atomic mass is 16.5. The van der Waals surface area contributed by atoms with Crippen LogP contribution in [0.2, 0.25) is 0 Å². The van der Waals surface area contributed by atoms with Crippen molar-refractivity contribution in [3.05, 3.63) is 29.8 Å². The van der Waals surface area contributed by atoms with E-state index in [-0.39, 0.29) is 24.7 Å². The summed E-state index contributed by atoms with van der Waals surface area (Å²) in [6, 6.07) is 6.01. The number of nitrogens with one attached hydrogen (secondary N) is 2. The Hall–Kier alpha value is -3.23. The number of ketones is 1. The first-order chi connectivity index (χ1) is 13.8. The summed E-state index contributed by atoms with van der Waals surface area (Å²) in [6.45, 7) is 0.756. The number of esters is 1. The van der Waals surface area contributed by atoms with Gasteiger partial charge in [0.15, 0.2) is 12.4 Å². The molecule has 1 aliphatic heterocycles. The van der Waals surface area contributed by atoms with E-state index in [2.05, 4.69) is 10.6 Å². The average Bonchev–Trinajstić information content (AvgIpc) is 3.24. The number of rotatable bonds is 7. The van der Waals surface area contributed by atoms with Gasteiger partial charge >= 0.3 is 12.0 Å². The van der Waals surface area contributed by atoms with E-state index in [1.165, 1.54) is 6.92 Å². The van der Waals surface area contributed by atoms with E-state index >= 15 is 0 Å². The lowest BCUT2D eigenvalue weighted by molar-refractivity contribution is -0.147. The third-order valence-corrected chi connectivity index (χ3v) is 5.19. The third kappa shape index (κ3) is 4.44. The van der Waals surface area contributed by atoms with Gasteiger partial charge in [-0.1, -0.05) is 25.0 Å². The largest absolute Gasteiger partial charge is 0.456 e. The molecule has 1 aromatic rings. The van der Waals surface area contributed by atoms with Crippen molar-refractivity contribution >= 4 is 35.3 Å². The maximum atomic E-state index is 12.5. The number of para-hydroxylation sites is 1. The molecule has 0 unspecified atom stereocenters. The highest BCUT2D eigenvalue weighted by Gasteiger charge is 2.52. The molecule has 1 aromatic carbocycles. The van der Waals surface area contributed by atoms with Crippen molar-refractivity contribution in [1.82, 2.24) is 10.2 Å². The molecular weight excluding hydrogens is 378 g/mol. The van der Waals surface area contributed by atoms with E-state index in [0.29, 0.717) is 24.1 Å². The van der Waals surface area contributed by atoms with Crippen molar-refractivity contribution in [3.8, 4) is 0 Å². The monoisotopic (exact) mass is 401 g/mol. The zero-order valence-electron chi connectivity index (χ0n) is 16.2. The minimum atomic E-state index is -0.815. The van der Waals surface area contributed by atoms with Crippen LogP contribution in [0.5, 0.6) is 0 Å². The highest BCUT2D eigenvalue weighted by molar-refractivity contribution is 6.07. The number of carbonyl (C=O) groups is 5. The van der Waals surface area contributed by atoms with Crippen LogP contribution in [0.25, 0.3) is 0 Å². The molecule has 9 nitrogen and oxygen atoms in total. The van der Waals surface area contributed by atoms with Gasteiger partial charge in [0, 0.05) is 12.1 Å². The summed E-state index contributed by atoms with van der Waals surface area (Å²) in [5, 5.41) is 5.26. The number of benzene rings is 1.